The number of hydrogen-bond acceptors (Lipinski definition) is 3. The van der Waals surface area contributed by atoms with Crippen LogP contribution in [0.15, 0.2) is 95.9 Å². The van der Waals surface area contributed by atoms with Gasteiger partial charge in [-0.3, -0.25) is 9.55 Å². The summed E-state index contributed by atoms with van der Waals surface area (Å²) in [6, 6.07) is 24.7. The molecule has 6 rings (SSSR count). The fourth-order valence-corrected chi connectivity index (χ4v) is 3.87. The Balaban J connectivity index is 1.62. The van der Waals surface area contributed by atoms with E-state index in [2.05, 4.69) is 39.9 Å². The van der Waals surface area contributed by atoms with Crippen molar-refractivity contribution in [1.29, 1.82) is 0 Å². The molecule has 0 aliphatic rings. The van der Waals surface area contributed by atoms with Crippen LogP contribution in [0.3, 0.4) is 0 Å². The SMILES string of the molecule is c1ccc(-c2cnc(-n3c4ccccc4c4cc5ccoc5cc43)cn2)cc1. The Bertz CT molecular complexity index is 1440. The highest BCUT2D eigenvalue weighted by Gasteiger charge is 2.15. The number of aromatic nitrogens is 3. The summed E-state index contributed by atoms with van der Waals surface area (Å²) in [7, 11) is 0. The van der Waals surface area contributed by atoms with Crippen molar-refractivity contribution in [2.24, 2.45) is 0 Å². The van der Waals surface area contributed by atoms with Crippen molar-refractivity contribution in [1.82, 2.24) is 14.5 Å². The number of benzene rings is 3. The highest BCUT2D eigenvalue weighted by Crippen LogP contribution is 2.34. The van der Waals surface area contributed by atoms with Crippen LogP contribution in [0.25, 0.3) is 49.9 Å². The first-order chi connectivity index (χ1) is 13.9. The molecule has 0 radical (unpaired) electrons. The van der Waals surface area contributed by atoms with Crippen molar-refractivity contribution in [3.63, 3.8) is 0 Å². The summed E-state index contributed by atoms with van der Waals surface area (Å²) in [5.41, 5.74) is 4.95. The fraction of sp³-hybridized carbons (Fsp3) is 0. The van der Waals surface area contributed by atoms with Crippen LogP contribution >= 0.6 is 0 Å². The Morgan fingerprint density at radius 3 is 2.43 bits per heavy atom. The van der Waals surface area contributed by atoms with Gasteiger partial charge in [-0.2, -0.15) is 0 Å². The standard InChI is InChI=1S/C24H15N3O/c1-2-6-16(7-3-1)20-14-26-24(15-25-20)27-21-9-5-4-8-18(21)19-12-17-10-11-28-23(17)13-22(19)27/h1-15H. The van der Waals surface area contributed by atoms with Gasteiger partial charge in [-0.15, -0.1) is 0 Å². The van der Waals surface area contributed by atoms with Crippen molar-refractivity contribution in [3.8, 4) is 17.1 Å². The summed E-state index contributed by atoms with van der Waals surface area (Å²) in [4.78, 5) is 9.40. The third-order valence-electron chi connectivity index (χ3n) is 5.18. The number of hydrogen-bond donors (Lipinski definition) is 0. The van der Waals surface area contributed by atoms with Gasteiger partial charge in [0, 0.05) is 27.8 Å². The van der Waals surface area contributed by atoms with E-state index in [0.717, 1.165) is 39.1 Å². The third kappa shape index (κ3) is 2.18. The molecule has 0 bridgehead atoms. The topological polar surface area (TPSA) is 43.9 Å². The second-order valence-electron chi connectivity index (χ2n) is 6.81. The van der Waals surface area contributed by atoms with Gasteiger partial charge >= 0.3 is 0 Å². The molecule has 3 heterocycles. The Hall–Kier alpha value is -3.92. The molecule has 0 amide bonds. The van der Waals surface area contributed by atoms with E-state index in [1.807, 2.05) is 54.9 Å². The van der Waals surface area contributed by atoms with Gasteiger partial charge in [0.05, 0.1) is 35.4 Å². The van der Waals surface area contributed by atoms with Crippen LogP contribution in [0.5, 0.6) is 0 Å². The van der Waals surface area contributed by atoms with Crippen molar-refractivity contribution in [3.05, 3.63) is 91.5 Å². The van der Waals surface area contributed by atoms with Gasteiger partial charge in [-0.1, -0.05) is 48.5 Å². The number of furan rings is 1. The van der Waals surface area contributed by atoms with E-state index < -0.39 is 0 Å². The van der Waals surface area contributed by atoms with Gasteiger partial charge in [0.1, 0.15) is 5.58 Å². The molecule has 0 saturated heterocycles. The maximum absolute atomic E-state index is 5.64. The Morgan fingerprint density at radius 2 is 1.57 bits per heavy atom. The lowest BCUT2D eigenvalue weighted by molar-refractivity contribution is 0.616. The van der Waals surface area contributed by atoms with E-state index in [9.17, 15) is 0 Å². The van der Waals surface area contributed by atoms with Gasteiger partial charge in [-0.05, 0) is 18.2 Å². The molecule has 6 aromatic rings. The van der Waals surface area contributed by atoms with Gasteiger partial charge in [0.15, 0.2) is 5.82 Å². The van der Waals surface area contributed by atoms with Gasteiger partial charge in [-0.25, -0.2) is 4.98 Å². The quantitative estimate of drug-likeness (QED) is 0.381. The minimum absolute atomic E-state index is 0.789. The summed E-state index contributed by atoms with van der Waals surface area (Å²) in [6.07, 6.45) is 5.39. The number of fused-ring (bicyclic) bond motifs is 4. The molecule has 0 unspecified atom stereocenters. The molecule has 132 valence electrons. The number of para-hydroxylation sites is 1. The third-order valence-corrected chi connectivity index (χ3v) is 5.18. The van der Waals surface area contributed by atoms with Crippen LogP contribution in [0.2, 0.25) is 0 Å². The maximum Gasteiger partial charge on any atom is 0.156 e. The molecule has 3 aromatic carbocycles. The van der Waals surface area contributed by atoms with E-state index in [1.165, 1.54) is 10.8 Å². The molecule has 0 atom stereocenters. The second-order valence-corrected chi connectivity index (χ2v) is 6.81. The molecule has 3 aromatic heterocycles. The van der Waals surface area contributed by atoms with Crippen molar-refractivity contribution >= 4 is 32.8 Å². The molecule has 28 heavy (non-hydrogen) atoms. The predicted molar refractivity (Wildman–Crippen MR) is 112 cm³/mol. The van der Waals surface area contributed by atoms with Gasteiger partial charge < -0.3 is 4.42 Å². The zero-order valence-corrected chi connectivity index (χ0v) is 14.9. The smallest absolute Gasteiger partial charge is 0.156 e. The van der Waals surface area contributed by atoms with Crippen LogP contribution in [0.1, 0.15) is 0 Å². The molecule has 0 spiro atoms. The Kier molecular flexibility index (Phi) is 3.14. The summed E-state index contributed by atoms with van der Waals surface area (Å²) in [5.74, 6) is 0.789. The number of rotatable bonds is 2. The molecule has 0 fully saturated rings. The van der Waals surface area contributed by atoms with Crippen molar-refractivity contribution in [2.45, 2.75) is 0 Å². The second kappa shape index (κ2) is 5.79. The molecular weight excluding hydrogens is 346 g/mol. The highest BCUT2D eigenvalue weighted by atomic mass is 16.3. The van der Waals surface area contributed by atoms with Crippen LogP contribution in [-0.2, 0) is 0 Å². The molecule has 0 N–H and O–H groups in total. The molecule has 4 heteroatoms. The minimum Gasteiger partial charge on any atom is -0.464 e. The van der Waals surface area contributed by atoms with Crippen molar-refractivity contribution in [2.75, 3.05) is 0 Å². The fourth-order valence-electron chi connectivity index (χ4n) is 3.87. The van der Waals surface area contributed by atoms with Crippen LogP contribution in [-0.4, -0.2) is 14.5 Å². The lowest BCUT2D eigenvalue weighted by Gasteiger charge is -2.07. The van der Waals surface area contributed by atoms with Gasteiger partial charge in [0.25, 0.3) is 0 Å². The van der Waals surface area contributed by atoms with Crippen LogP contribution in [0.4, 0.5) is 0 Å². The first kappa shape index (κ1) is 15.2. The maximum atomic E-state index is 5.64. The van der Waals surface area contributed by atoms with E-state index in [4.69, 9.17) is 9.40 Å². The summed E-state index contributed by atoms with van der Waals surface area (Å²) < 4.78 is 7.79. The highest BCUT2D eigenvalue weighted by molar-refractivity contribution is 6.12. The summed E-state index contributed by atoms with van der Waals surface area (Å²) in [5, 5.41) is 3.47. The first-order valence-electron chi connectivity index (χ1n) is 9.17. The Morgan fingerprint density at radius 1 is 0.714 bits per heavy atom. The van der Waals surface area contributed by atoms with Crippen LogP contribution in [0, 0.1) is 0 Å². The van der Waals surface area contributed by atoms with E-state index in [-0.39, 0.29) is 0 Å². The number of nitrogens with zero attached hydrogens (tertiary/aromatic N) is 3. The zero-order valence-electron chi connectivity index (χ0n) is 14.9. The van der Waals surface area contributed by atoms with E-state index in [1.54, 1.807) is 6.26 Å². The molecule has 0 saturated carbocycles. The Labute approximate surface area is 160 Å². The van der Waals surface area contributed by atoms with Gasteiger partial charge in [0.2, 0.25) is 0 Å². The van der Waals surface area contributed by atoms with E-state index in [0.29, 0.717) is 0 Å². The van der Waals surface area contributed by atoms with Crippen molar-refractivity contribution < 1.29 is 4.42 Å². The normalized spacial score (nSPS) is 11.6. The average Bonchev–Trinajstić information content (AvgIpc) is 3.35. The average molecular weight is 361 g/mol. The van der Waals surface area contributed by atoms with E-state index >= 15 is 0 Å². The molecule has 0 aliphatic heterocycles. The largest absolute Gasteiger partial charge is 0.464 e. The molecule has 4 nitrogen and oxygen atoms in total. The molecule has 0 aliphatic carbocycles. The monoisotopic (exact) mass is 361 g/mol. The van der Waals surface area contributed by atoms with Crippen LogP contribution < -0.4 is 0 Å². The summed E-state index contributed by atoms with van der Waals surface area (Å²) >= 11 is 0. The minimum atomic E-state index is 0.789. The lowest BCUT2D eigenvalue weighted by atomic mass is 10.1. The predicted octanol–water partition coefficient (Wildman–Crippen LogP) is 5.99. The lowest BCUT2D eigenvalue weighted by Crippen LogP contribution is -1.99. The zero-order chi connectivity index (χ0) is 18.5. The first-order valence-corrected chi connectivity index (χ1v) is 9.17. The summed E-state index contributed by atoms with van der Waals surface area (Å²) in [6.45, 7) is 0. The molecular formula is C24H15N3O.